The fourth-order valence-electron chi connectivity index (χ4n) is 2.21. The van der Waals surface area contributed by atoms with Gasteiger partial charge in [-0.05, 0) is 52.5 Å². The van der Waals surface area contributed by atoms with Crippen molar-refractivity contribution in [3.05, 3.63) is 12.2 Å². The van der Waals surface area contributed by atoms with Crippen LogP contribution >= 0.6 is 0 Å². The van der Waals surface area contributed by atoms with Gasteiger partial charge in [0.1, 0.15) is 6.10 Å². The summed E-state index contributed by atoms with van der Waals surface area (Å²) in [4.78, 5) is 11.2. The molecule has 1 aliphatic carbocycles. The molecule has 0 fully saturated rings. The van der Waals surface area contributed by atoms with Crippen LogP contribution in [-0.4, -0.2) is 30.8 Å². The Balaban J connectivity index is 2.45. The second-order valence-electron chi connectivity index (χ2n) is 5.88. The summed E-state index contributed by atoms with van der Waals surface area (Å²) in [6.07, 6.45) is 7.77. The van der Waals surface area contributed by atoms with Crippen molar-refractivity contribution < 1.29 is 9.53 Å². The maximum atomic E-state index is 11.2. The first-order valence-electron chi connectivity index (χ1n) is 6.73. The van der Waals surface area contributed by atoms with E-state index in [-0.39, 0.29) is 17.7 Å². The molecular weight excluding hydrogens is 228 g/mol. The van der Waals surface area contributed by atoms with Crippen LogP contribution in [0.3, 0.4) is 0 Å². The lowest BCUT2D eigenvalue weighted by Gasteiger charge is -2.29. The number of rotatable bonds is 2. The monoisotopic (exact) mass is 254 g/mol. The number of ether oxygens (including phenoxy) is 1. The van der Waals surface area contributed by atoms with Crippen LogP contribution in [-0.2, 0) is 4.74 Å². The number of carbonyl (C=O) groups excluding carboxylic acids is 1. The molecule has 0 radical (unpaired) electrons. The Labute approximate surface area is 110 Å². The summed E-state index contributed by atoms with van der Waals surface area (Å²) in [5.41, 5.74) is 0.149. The zero-order valence-electron chi connectivity index (χ0n) is 12.0. The molecule has 0 heterocycles. The topological polar surface area (TPSA) is 50.4 Å². The number of nitrogens with one attached hydrogen (secondary N) is 2. The van der Waals surface area contributed by atoms with E-state index in [2.05, 4.69) is 37.5 Å². The van der Waals surface area contributed by atoms with Gasteiger partial charge in [-0.15, -0.1) is 0 Å². The molecule has 4 nitrogen and oxygen atoms in total. The van der Waals surface area contributed by atoms with E-state index < -0.39 is 0 Å². The highest BCUT2D eigenvalue weighted by molar-refractivity contribution is 5.67. The molecule has 1 rings (SSSR count). The molecule has 2 unspecified atom stereocenters. The molecule has 0 aromatic rings. The molecule has 0 saturated carbocycles. The summed E-state index contributed by atoms with van der Waals surface area (Å²) in [7, 11) is 1.58. The molecule has 1 aliphatic rings. The Morgan fingerprint density at radius 3 is 2.67 bits per heavy atom. The highest BCUT2D eigenvalue weighted by Crippen LogP contribution is 2.17. The van der Waals surface area contributed by atoms with Crippen molar-refractivity contribution in [3.63, 3.8) is 0 Å². The quantitative estimate of drug-likeness (QED) is 0.745. The number of amides is 1. The van der Waals surface area contributed by atoms with Crippen molar-refractivity contribution >= 4 is 6.09 Å². The summed E-state index contributed by atoms with van der Waals surface area (Å²) in [5.74, 6) is 0. The standard InChI is InChI=1S/C14H26N2O2/c1-14(2,3)16-11-7-5-9-12(10-6-8-11)18-13(17)15-4/h5,9,11-12,16H,6-8,10H2,1-4H3,(H,15,17)/b9-5+. The SMILES string of the molecule is CNC(=O)OC1/C=C/CC(NC(C)(C)C)CCC1. The molecular formula is C14H26N2O2. The zero-order chi connectivity index (χ0) is 13.6. The molecule has 104 valence electrons. The Kier molecular flexibility index (Phi) is 5.66. The molecule has 0 aromatic heterocycles. The van der Waals surface area contributed by atoms with Gasteiger partial charge in [-0.25, -0.2) is 4.79 Å². The smallest absolute Gasteiger partial charge is 0.407 e. The molecule has 1 amide bonds. The lowest BCUT2D eigenvalue weighted by Crippen LogP contribution is -2.43. The fourth-order valence-corrected chi connectivity index (χ4v) is 2.21. The van der Waals surface area contributed by atoms with E-state index in [1.54, 1.807) is 7.05 Å². The number of carbonyl (C=O) groups is 1. The van der Waals surface area contributed by atoms with E-state index in [9.17, 15) is 4.79 Å². The summed E-state index contributed by atoms with van der Waals surface area (Å²) in [5, 5.41) is 6.10. The highest BCUT2D eigenvalue weighted by atomic mass is 16.6. The summed E-state index contributed by atoms with van der Waals surface area (Å²) in [6, 6.07) is 0.516. The molecule has 2 atom stereocenters. The van der Waals surface area contributed by atoms with Crippen LogP contribution in [0.25, 0.3) is 0 Å². The van der Waals surface area contributed by atoms with E-state index in [1.807, 2.05) is 6.08 Å². The third-order valence-electron chi connectivity index (χ3n) is 2.91. The van der Waals surface area contributed by atoms with Gasteiger partial charge in [0.2, 0.25) is 0 Å². The number of hydrogen-bond acceptors (Lipinski definition) is 3. The third kappa shape index (κ3) is 6.05. The van der Waals surface area contributed by atoms with E-state index in [0.29, 0.717) is 6.04 Å². The third-order valence-corrected chi connectivity index (χ3v) is 2.91. The van der Waals surface area contributed by atoms with Gasteiger partial charge in [0.05, 0.1) is 0 Å². The Morgan fingerprint density at radius 2 is 2.06 bits per heavy atom. The molecule has 18 heavy (non-hydrogen) atoms. The van der Waals surface area contributed by atoms with E-state index in [0.717, 1.165) is 25.7 Å². The maximum Gasteiger partial charge on any atom is 0.407 e. The Morgan fingerprint density at radius 1 is 1.33 bits per heavy atom. The van der Waals surface area contributed by atoms with Crippen LogP contribution in [0.15, 0.2) is 12.2 Å². The van der Waals surface area contributed by atoms with Gasteiger partial charge in [-0.2, -0.15) is 0 Å². The first kappa shape index (κ1) is 15.0. The number of hydrogen-bond donors (Lipinski definition) is 2. The summed E-state index contributed by atoms with van der Waals surface area (Å²) >= 11 is 0. The van der Waals surface area contributed by atoms with Crippen LogP contribution in [0.1, 0.15) is 46.5 Å². The summed E-state index contributed by atoms with van der Waals surface area (Å²) in [6.45, 7) is 6.56. The normalized spacial score (nSPS) is 26.9. The summed E-state index contributed by atoms with van der Waals surface area (Å²) < 4.78 is 5.25. The largest absolute Gasteiger partial charge is 0.442 e. The molecule has 4 heteroatoms. The van der Waals surface area contributed by atoms with Crippen molar-refractivity contribution in [2.45, 2.75) is 64.1 Å². The van der Waals surface area contributed by atoms with Crippen LogP contribution in [0.5, 0.6) is 0 Å². The first-order valence-corrected chi connectivity index (χ1v) is 6.73. The molecule has 0 saturated heterocycles. The van der Waals surface area contributed by atoms with Gasteiger partial charge >= 0.3 is 6.09 Å². The van der Waals surface area contributed by atoms with Crippen molar-refractivity contribution in [3.8, 4) is 0 Å². The predicted molar refractivity (Wildman–Crippen MR) is 73.6 cm³/mol. The minimum absolute atomic E-state index is 0.0828. The van der Waals surface area contributed by atoms with Crippen molar-refractivity contribution in [1.29, 1.82) is 0 Å². The minimum atomic E-state index is -0.352. The van der Waals surface area contributed by atoms with Crippen LogP contribution in [0, 0.1) is 0 Å². The second-order valence-corrected chi connectivity index (χ2v) is 5.88. The molecule has 0 aromatic carbocycles. The molecule has 0 spiro atoms. The van der Waals surface area contributed by atoms with Gasteiger partial charge in [-0.1, -0.05) is 6.08 Å². The second kappa shape index (κ2) is 6.78. The Hall–Kier alpha value is -1.03. The fraction of sp³-hybridized carbons (Fsp3) is 0.786. The van der Waals surface area contributed by atoms with Crippen molar-refractivity contribution in [1.82, 2.24) is 10.6 Å². The first-order chi connectivity index (χ1) is 8.40. The molecule has 2 N–H and O–H groups in total. The van der Waals surface area contributed by atoms with Crippen LogP contribution < -0.4 is 10.6 Å². The molecule has 0 bridgehead atoms. The van der Waals surface area contributed by atoms with Crippen LogP contribution in [0.4, 0.5) is 4.79 Å². The Bertz CT molecular complexity index is 295. The van der Waals surface area contributed by atoms with Gasteiger partial charge in [0.15, 0.2) is 0 Å². The van der Waals surface area contributed by atoms with Gasteiger partial charge in [0, 0.05) is 18.6 Å². The van der Waals surface area contributed by atoms with Gasteiger partial charge in [0.25, 0.3) is 0 Å². The minimum Gasteiger partial charge on any atom is -0.442 e. The maximum absolute atomic E-state index is 11.2. The van der Waals surface area contributed by atoms with Crippen LogP contribution in [0.2, 0.25) is 0 Å². The van der Waals surface area contributed by atoms with Gasteiger partial charge in [-0.3, -0.25) is 0 Å². The van der Waals surface area contributed by atoms with Crippen molar-refractivity contribution in [2.24, 2.45) is 0 Å². The van der Waals surface area contributed by atoms with E-state index in [4.69, 9.17) is 4.74 Å². The lowest BCUT2D eigenvalue weighted by atomic mass is 9.97. The van der Waals surface area contributed by atoms with Gasteiger partial charge < -0.3 is 15.4 Å². The highest BCUT2D eigenvalue weighted by Gasteiger charge is 2.19. The lowest BCUT2D eigenvalue weighted by molar-refractivity contribution is 0.114. The van der Waals surface area contributed by atoms with E-state index >= 15 is 0 Å². The number of alkyl carbamates (subject to hydrolysis) is 1. The predicted octanol–water partition coefficient (Wildman–Crippen LogP) is 2.60. The average Bonchev–Trinajstić information content (AvgIpc) is 2.22. The molecule has 0 aliphatic heterocycles. The average molecular weight is 254 g/mol. The van der Waals surface area contributed by atoms with Crippen molar-refractivity contribution in [2.75, 3.05) is 7.05 Å². The zero-order valence-corrected chi connectivity index (χ0v) is 12.0. The van der Waals surface area contributed by atoms with E-state index in [1.165, 1.54) is 0 Å².